The molecule has 2 rings (SSSR count). The fourth-order valence-corrected chi connectivity index (χ4v) is 3.17. The van der Waals surface area contributed by atoms with Crippen molar-refractivity contribution in [2.75, 3.05) is 32.8 Å². The van der Waals surface area contributed by atoms with Gasteiger partial charge in [0.2, 0.25) is 0 Å². The predicted octanol–water partition coefficient (Wildman–Crippen LogP) is 2.02. The lowest BCUT2D eigenvalue weighted by Crippen LogP contribution is -2.45. The molecule has 0 amide bonds. The molecule has 1 saturated carbocycles. The maximum absolute atomic E-state index is 5.51. The summed E-state index contributed by atoms with van der Waals surface area (Å²) in [6, 6.07) is 1.44. The molecule has 1 saturated heterocycles. The molecule has 3 nitrogen and oxygen atoms in total. The molecule has 0 bridgehead atoms. The van der Waals surface area contributed by atoms with E-state index in [1.54, 1.807) is 0 Å². The second-order valence-electron chi connectivity index (χ2n) is 5.44. The van der Waals surface area contributed by atoms with Gasteiger partial charge in [0.05, 0.1) is 13.2 Å². The minimum Gasteiger partial charge on any atom is -0.379 e. The maximum Gasteiger partial charge on any atom is 0.0620 e. The minimum absolute atomic E-state index is 0.585. The average Bonchev–Trinajstić information content (AvgIpc) is 2.42. The lowest BCUT2D eigenvalue weighted by Gasteiger charge is -2.35. The van der Waals surface area contributed by atoms with Crippen molar-refractivity contribution < 1.29 is 4.74 Å². The van der Waals surface area contributed by atoms with Crippen LogP contribution in [-0.4, -0.2) is 49.8 Å². The molecular formula is C14H28N2O. The van der Waals surface area contributed by atoms with Crippen molar-refractivity contribution in [2.24, 2.45) is 0 Å². The summed E-state index contributed by atoms with van der Waals surface area (Å²) in [6.07, 6.45) is 8.40. The quantitative estimate of drug-likeness (QED) is 0.795. The molecule has 0 spiro atoms. The second kappa shape index (κ2) is 7.34. The summed E-state index contributed by atoms with van der Waals surface area (Å²) in [4.78, 5) is 2.69. The number of hydrogen-bond acceptors (Lipinski definition) is 3. The van der Waals surface area contributed by atoms with E-state index in [1.165, 1.54) is 51.6 Å². The fraction of sp³-hybridized carbons (Fsp3) is 1.00. The zero-order valence-corrected chi connectivity index (χ0v) is 11.3. The molecule has 3 heteroatoms. The first-order valence-corrected chi connectivity index (χ1v) is 7.45. The summed E-state index contributed by atoms with van der Waals surface area (Å²) < 4.78 is 5.51. The third-order valence-electron chi connectivity index (χ3n) is 4.26. The molecule has 1 atom stereocenters. The van der Waals surface area contributed by atoms with Crippen LogP contribution in [-0.2, 0) is 4.74 Å². The molecule has 100 valence electrons. The van der Waals surface area contributed by atoms with Crippen LogP contribution in [0.2, 0.25) is 0 Å². The molecule has 0 aromatic carbocycles. The number of nitrogens with zero attached hydrogens (tertiary/aromatic N) is 1. The standard InChI is InChI=1S/C14H28N2O/c1-2-16(14-6-4-3-5-7-14)10-8-13-12-17-11-9-15-13/h13-15H,2-12H2,1H3. The minimum atomic E-state index is 0.585. The van der Waals surface area contributed by atoms with E-state index >= 15 is 0 Å². The first-order valence-electron chi connectivity index (χ1n) is 7.45. The molecule has 0 radical (unpaired) electrons. The molecule has 2 aliphatic rings. The van der Waals surface area contributed by atoms with Crippen molar-refractivity contribution in [1.82, 2.24) is 10.2 Å². The highest BCUT2D eigenvalue weighted by Crippen LogP contribution is 2.22. The van der Waals surface area contributed by atoms with Crippen molar-refractivity contribution >= 4 is 0 Å². The number of rotatable bonds is 5. The Labute approximate surface area is 106 Å². The van der Waals surface area contributed by atoms with Crippen LogP contribution in [0.5, 0.6) is 0 Å². The van der Waals surface area contributed by atoms with Gasteiger partial charge in [-0.1, -0.05) is 26.2 Å². The maximum atomic E-state index is 5.51. The highest BCUT2D eigenvalue weighted by atomic mass is 16.5. The molecule has 1 aliphatic carbocycles. The lowest BCUT2D eigenvalue weighted by molar-refractivity contribution is 0.0657. The van der Waals surface area contributed by atoms with Crippen LogP contribution in [0, 0.1) is 0 Å². The van der Waals surface area contributed by atoms with Gasteiger partial charge < -0.3 is 15.0 Å². The van der Waals surface area contributed by atoms with E-state index in [9.17, 15) is 0 Å². The van der Waals surface area contributed by atoms with Crippen molar-refractivity contribution in [3.8, 4) is 0 Å². The second-order valence-corrected chi connectivity index (χ2v) is 5.44. The van der Waals surface area contributed by atoms with Crippen LogP contribution in [0.25, 0.3) is 0 Å². The van der Waals surface area contributed by atoms with Gasteiger partial charge in [-0.2, -0.15) is 0 Å². The topological polar surface area (TPSA) is 24.5 Å². The van der Waals surface area contributed by atoms with Gasteiger partial charge >= 0.3 is 0 Å². The van der Waals surface area contributed by atoms with Crippen LogP contribution in [0.1, 0.15) is 45.4 Å². The number of ether oxygens (including phenoxy) is 1. The zero-order valence-electron chi connectivity index (χ0n) is 11.3. The van der Waals surface area contributed by atoms with E-state index in [-0.39, 0.29) is 0 Å². The van der Waals surface area contributed by atoms with Gasteiger partial charge in [0.1, 0.15) is 0 Å². The molecule has 0 aromatic rings. The van der Waals surface area contributed by atoms with E-state index in [2.05, 4.69) is 17.1 Å². The third kappa shape index (κ3) is 4.23. The Hall–Kier alpha value is -0.120. The van der Waals surface area contributed by atoms with Crippen molar-refractivity contribution in [3.63, 3.8) is 0 Å². The summed E-state index contributed by atoms with van der Waals surface area (Å²) in [6.45, 7) is 7.57. The van der Waals surface area contributed by atoms with Crippen LogP contribution < -0.4 is 5.32 Å². The Balaban J connectivity index is 1.70. The smallest absolute Gasteiger partial charge is 0.0620 e. The first-order chi connectivity index (χ1) is 8.40. The number of nitrogens with one attached hydrogen (secondary N) is 1. The van der Waals surface area contributed by atoms with Gasteiger partial charge in [-0.15, -0.1) is 0 Å². The Bertz CT molecular complexity index is 198. The van der Waals surface area contributed by atoms with Gasteiger partial charge in [0.15, 0.2) is 0 Å². The van der Waals surface area contributed by atoms with Crippen LogP contribution in [0.3, 0.4) is 0 Å². The normalized spacial score (nSPS) is 27.5. The van der Waals surface area contributed by atoms with Gasteiger partial charge in [-0.3, -0.25) is 0 Å². The zero-order chi connectivity index (χ0) is 11.9. The van der Waals surface area contributed by atoms with E-state index < -0.39 is 0 Å². The highest BCUT2D eigenvalue weighted by molar-refractivity contribution is 4.78. The number of hydrogen-bond donors (Lipinski definition) is 1. The van der Waals surface area contributed by atoms with Crippen molar-refractivity contribution in [3.05, 3.63) is 0 Å². The number of morpholine rings is 1. The first kappa shape index (κ1) is 13.3. The van der Waals surface area contributed by atoms with Gasteiger partial charge in [0.25, 0.3) is 0 Å². The molecule has 0 aromatic heterocycles. The summed E-state index contributed by atoms with van der Waals surface area (Å²) in [5.74, 6) is 0. The average molecular weight is 240 g/mol. The lowest BCUT2D eigenvalue weighted by atomic mass is 9.94. The van der Waals surface area contributed by atoms with Crippen LogP contribution in [0.15, 0.2) is 0 Å². The Morgan fingerprint density at radius 3 is 2.71 bits per heavy atom. The molecule has 1 aliphatic heterocycles. The Morgan fingerprint density at radius 2 is 2.06 bits per heavy atom. The van der Waals surface area contributed by atoms with E-state index in [0.717, 1.165) is 25.8 Å². The van der Waals surface area contributed by atoms with Crippen LogP contribution >= 0.6 is 0 Å². The van der Waals surface area contributed by atoms with Crippen molar-refractivity contribution in [1.29, 1.82) is 0 Å². The highest BCUT2D eigenvalue weighted by Gasteiger charge is 2.21. The van der Waals surface area contributed by atoms with E-state index in [1.807, 2.05) is 0 Å². The predicted molar refractivity (Wildman–Crippen MR) is 71.3 cm³/mol. The van der Waals surface area contributed by atoms with Crippen molar-refractivity contribution in [2.45, 2.75) is 57.5 Å². The van der Waals surface area contributed by atoms with E-state index in [4.69, 9.17) is 4.74 Å². The van der Waals surface area contributed by atoms with Gasteiger partial charge in [-0.05, 0) is 32.4 Å². The SMILES string of the molecule is CCN(CCC1COCCN1)C1CCCCC1. The monoisotopic (exact) mass is 240 g/mol. The molecule has 1 heterocycles. The molecular weight excluding hydrogens is 212 g/mol. The largest absolute Gasteiger partial charge is 0.379 e. The Morgan fingerprint density at radius 1 is 1.24 bits per heavy atom. The Kier molecular flexibility index (Phi) is 5.75. The summed E-state index contributed by atoms with van der Waals surface area (Å²) in [5.41, 5.74) is 0. The van der Waals surface area contributed by atoms with Gasteiger partial charge in [-0.25, -0.2) is 0 Å². The van der Waals surface area contributed by atoms with E-state index in [0.29, 0.717) is 6.04 Å². The molecule has 1 N–H and O–H groups in total. The van der Waals surface area contributed by atoms with Crippen LogP contribution in [0.4, 0.5) is 0 Å². The molecule has 2 fully saturated rings. The molecule has 1 unspecified atom stereocenters. The summed E-state index contributed by atoms with van der Waals surface area (Å²) in [7, 11) is 0. The fourth-order valence-electron chi connectivity index (χ4n) is 3.17. The summed E-state index contributed by atoms with van der Waals surface area (Å²) >= 11 is 0. The summed E-state index contributed by atoms with van der Waals surface area (Å²) in [5, 5.41) is 3.55. The van der Waals surface area contributed by atoms with Gasteiger partial charge in [0, 0.05) is 18.6 Å². The molecule has 17 heavy (non-hydrogen) atoms. The third-order valence-corrected chi connectivity index (χ3v) is 4.26.